The average Bonchev–Trinajstić information content (AvgIpc) is 3.36. The molecule has 0 unspecified atom stereocenters. The van der Waals surface area contributed by atoms with E-state index in [0.717, 1.165) is 9.86 Å². The van der Waals surface area contributed by atoms with Crippen LogP contribution in [-0.4, -0.2) is 30.6 Å². The van der Waals surface area contributed by atoms with E-state index in [2.05, 4.69) is 40.6 Å². The Morgan fingerprint density at radius 3 is 2.26 bits per heavy atom. The molecule has 3 aromatic carbocycles. The maximum Gasteiger partial charge on any atom is 0.406 e. The summed E-state index contributed by atoms with van der Waals surface area (Å²) in [7, 11) is 1.57. The summed E-state index contributed by atoms with van der Waals surface area (Å²) in [6.07, 6.45) is -0.387. The lowest BCUT2D eigenvalue weighted by molar-refractivity contribution is 0.145. The van der Waals surface area contributed by atoms with Crippen molar-refractivity contribution in [1.29, 1.82) is 0 Å². The fourth-order valence-electron chi connectivity index (χ4n) is 3.65. The molecular weight excluding hydrogens is 426 g/mol. The SMILES string of the molecule is CNC(=O)OCC1c2ccccc2-c2ccccc21.NCSc1nc2ccccc2s1. The van der Waals surface area contributed by atoms with E-state index in [9.17, 15) is 4.79 Å². The van der Waals surface area contributed by atoms with Crippen LogP contribution in [0, 0.1) is 0 Å². The maximum absolute atomic E-state index is 11.3. The number of thiazole rings is 1. The molecule has 5 rings (SSSR count). The second-order valence-corrected chi connectivity index (χ2v) is 9.13. The van der Waals surface area contributed by atoms with Gasteiger partial charge < -0.3 is 15.8 Å². The van der Waals surface area contributed by atoms with Crippen LogP contribution in [0.3, 0.4) is 0 Å². The van der Waals surface area contributed by atoms with Gasteiger partial charge in [0.2, 0.25) is 0 Å². The van der Waals surface area contributed by atoms with Crippen LogP contribution in [0.2, 0.25) is 0 Å². The highest BCUT2D eigenvalue weighted by molar-refractivity contribution is 8.01. The average molecular weight is 450 g/mol. The van der Waals surface area contributed by atoms with Gasteiger partial charge in [-0.05, 0) is 34.4 Å². The molecule has 7 heteroatoms. The lowest BCUT2D eigenvalue weighted by Crippen LogP contribution is -2.21. The molecule has 0 spiro atoms. The first kappa shape index (κ1) is 21.4. The van der Waals surface area contributed by atoms with Gasteiger partial charge in [-0.1, -0.05) is 72.4 Å². The Bertz CT molecular complexity index is 1110. The Morgan fingerprint density at radius 1 is 1.03 bits per heavy atom. The van der Waals surface area contributed by atoms with Crippen molar-refractivity contribution in [2.24, 2.45) is 5.73 Å². The number of carbonyl (C=O) groups is 1. The maximum atomic E-state index is 11.3. The Morgan fingerprint density at radius 2 is 1.65 bits per heavy atom. The molecule has 31 heavy (non-hydrogen) atoms. The molecule has 158 valence electrons. The number of hydrogen-bond donors (Lipinski definition) is 2. The summed E-state index contributed by atoms with van der Waals surface area (Å²) in [5.74, 6) is 0.726. The standard InChI is InChI=1S/C16H15NO2.C8H8N2S2/c1-17-16(18)19-10-15-13-8-4-2-6-11(13)12-7-3-5-9-14(12)15;9-5-11-8-10-6-3-1-2-4-7(6)12-8/h2-9,15H,10H2,1H3,(H,17,18);1-4H,5,9H2. The number of nitrogens with two attached hydrogens (primary N) is 1. The Hall–Kier alpha value is -2.87. The minimum atomic E-state index is -0.387. The van der Waals surface area contributed by atoms with Gasteiger partial charge in [0.05, 0.1) is 10.2 Å². The van der Waals surface area contributed by atoms with E-state index in [0.29, 0.717) is 12.5 Å². The van der Waals surface area contributed by atoms with Crippen LogP contribution in [0.5, 0.6) is 0 Å². The highest BCUT2D eigenvalue weighted by Crippen LogP contribution is 2.44. The van der Waals surface area contributed by atoms with Gasteiger partial charge in [0.1, 0.15) is 6.61 Å². The number of carbonyl (C=O) groups excluding carboxylic acids is 1. The van der Waals surface area contributed by atoms with Crippen molar-refractivity contribution in [2.45, 2.75) is 10.3 Å². The van der Waals surface area contributed by atoms with Crippen molar-refractivity contribution in [3.05, 3.63) is 83.9 Å². The van der Waals surface area contributed by atoms with Gasteiger partial charge in [-0.2, -0.15) is 0 Å². The number of aromatic nitrogens is 1. The number of amides is 1. The normalized spacial score (nSPS) is 11.9. The first-order chi connectivity index (χ1) is 15.2. The van der Waals surface area contributed by atoms with Crippen molar-refractivity contribution >= 4 is 39.4 Å². The highest BCUT2D eigenvalue weighted by Gasteiger charge is 2.28. The number of ether oxygens (including phenoxy) is 1. The second-order valence-electron chi connectivity index (χ2n) is 6.83. The first-order valence-electron chi connectivity index (χ1n) is 9.92. The monoisotopic (exact) mass is 449 g/mol. The third-order valence-corrected chi connectivity index (χ3v) is 6.97. The molecule has 0 aliphatic heterocycles. The number of rotatable bonds is 4. The predicted molar refractivity (Wildman–Crippen MR) is 129 cm³/mol. The zero-order valence-electron chi connectivity index (χ0n) is 17.1. The molecule has 0 atom stereocenters. The van der Waals surface area contributed by atoms with Gasteiger partial charge in [0.15, 0.2) is 4.34 Å². The number of para-hydroxylation sites is 1. The lowest BCUT2D eigenvalue weighted by atomic mass is 9.98. The summed E-state index contributed by atoms with van der Waals surface area (Å²) in [6.45, 7) is 0.369. The Labute approximate surface area is 189 Å². The van der Waals surface area contributed by atoms with Crippen LogP contribution in [-0.2, 0) is 4.74 Å². The van der Waals surface area contributed by atoms with Crippen molar-refractivity contribution in [1.82, 2.24) is 10.3 Å². The fourth-order valence-corrected chi connectivity index (χ4v) is 5.37. The molecule has 1 amide bonds. The molecule has 1 aromatic heterocycles. The molecule has 1 aliphatic carbocycles. The number of fused-ring (bicyclic) bond motifs is 4. The molecule has 1 heterocycles. The number of benzene rings is 3. The van der Waals surface area contributed by atoms with E-state index in [1.54, 1.807) is 30.1 Å². The molecule has 4 aromatic rings. The third-order valence-electron chi connectivity index (χ3n) is 5.03. The highest BCUT2D eigenvalue weighted by atomic mass is 32.2. The summed E-state index contributed by atoms with van der Waals surface area (Å²) >= 11 is 3.28. The van der Waals surface area contributed by atoms with Crippen LogP contribution in [0.15, 0.2) is 77.1 Å². The Balaban J connectivity index is 0.000000166. The van der Waals surface area contributed by atoms with Crippen molar-refractivity contribution in [3.63, 3.8) is 0 Å². The smallest absolute Gasteiger partial charge is 0.406 e. The molecule has 5 nitrogen and oxygen atoms in total. The van der Waals surface area contributed by atoms with Gasteiger partial charge >= 0.3 is 6.09 Å². The summed E-state index contributed by atoms with van der Waals surface area (Å²) in [6, 6.07) is 24.7. The summed E-state index contributed by atoms with van der Waals surface area (Å²) < 4.78 is 7.52. The van der Waals surface area contributed by atoms with Crippen LogP contribution in [0.25, 0.3) is 21.3 Å². The Kier molecular flexibility index (Phi) is 6.86. The summed E-state index contributed by atoms with van der Waals surface area (Å²) in [5, 5.41) is 2.48. The number of thioether (sulfide) groups is 1. The van der Waals surface area contributed by atoms with Crippen LogP contribution >= 0.6 is 23.1 Å². The molecule has 0 bridgehead atoms. The molecule has 0 fully saturated rings. The third kappa shape index (κ3) is 4.74. The van der Waals surface area contributed by atoms with E-state index < -0.39 is 0 Å². The van der Waals surface area contributed by atoms with Gasteiger partial charge in [-0.3, -0.25) is 0 Å². The zero-order valence-corrected chi connectivity index (χ0v) is 18.7. The van der Waals surface area contributed by atoms with E-state index >= 15 is 0 Å². The molecule has 3 N–H and O–H groups in total. The van der Waals surface area contributed by atoms with E-state index in [1.165, 1.54) is 27.0 Å². The van der Waals surface area contributed by atoms with Crippen molar-refractivity contribution < 1.29 is 9.53 Å². The van der Waals surface area contributed by atoms with Crippen molar-refractivity contribution in [3.8, 4) is 11.1 Å². The quantitative estimate of drug-likeness (QED) is 0.320. The molecule has 0 saturated heterocycles. The summed E-state index contributed by atoms with van der Waals surface area (Å²) in [4.78, 5) is 15.7. The molecule has 0 radical (unpaired) electrons. The van der Waals surface area contributed by atoms with Gasteiger partial charge in [-0.25, -0.2) is 9.78 Å². The van der Waals surface area contributed by atoms with Crippen LogP contribution < -0.4 is 11.1 Å². The van der Waals surface area contributed by atoms with Gasteiger partial charge in [0, 0.05) is 18.8 Å². The van der Waals surface area contributed by atoms with Crippen LogP contribution in [0.4, 0.5) is 4.79 Å². The van der Waals surface area contributed by atoms with E-state index in [4.69, 9.17) is 10.5 Å². The molecule has 0 saturated carbocycles. The number of hydrogen-bond acceptors (Lipinski definition) is 6. The largest absolute Gasteiger partial charge is 0.449 e. The van der Waals surface area contributed by atoms with Gasteiger partial charge in [0.25, 0.3) is 0 Å². The minimum absolute atomic E-state index is 0.129. The summed E-state index contributed by atoms with van der Waals surface area (Å²) in [5.41, 5.74) is 11.4. The predicted octanol–water partition coefficient (Wildman–Crippen LogP) is 5.46. The zero-order chi connectivity index (χ0) is 21.6. The van der Waals surface area contributed by atoms with E-state index in [-0.39, 0.29) is 12.0 Å². The molecule has 1 aliphatic rings. The van der Waals surface area contributed by atoms with Crippen LogP contribution in [0.1, 0.15) is 17.0 Å². The topological polar surface area (TPSA) is 77.2 Å². The number of alkyl carbamates (subject to hydrolysis) is 1. The minimum Gasteiger partial charge on any atom is -0.449 e. The second kappa shape index (κ2) is 9.96. The number of nitrogens with one attached hydrogen (secondary N) is 1. The van der Waals surface area contributed by atoms with E-state index in [1.807, 2.05) is 42.5 Å². The fraction of sp³-hybridized carbons (Fsp3) is 0.167. The van der Waals surface area contributed by atoms with Gasteiger partial charge in [-0.15, -0.1) is 11.3 Å². The van der Waals surface area contributed by atoms with Crippen molar-refractivity contribution in [2.75, 3.05) is 19.5 Å². The first-order valence-corrected chi connectivity index (χ1v) is 11.7. The lowest BCUT2D eigenvalue weighted by Gasteiger charge is -2.13. The molecular formula is C24H23N3O2S2. The number of nitrogens with zero attached hydrogens (tertiary/aromatic N) is 1.